The van der Waals surface area contributed by atoms with Gasteiger partial charge >= 0.3 is 0 Å². The summed E-state index contributed by atoms with van der Waals surface area (Å²) in [6.45, 7) is 7.94. The SMILES string of the molecule is CCC(C)(CCOc1ccc(Br)cc1)CNCCOC. The van der Waals surface area contributed by atoms with E-state index in [1.165, 1.54) is 0 Å². The maximum absolute atomic E-state index is 5.81. The number of hydrogen-bond donors (Lipinski definition) is 1. The van der Waals surface area contributed by atoms with Crippen LogP contribution in [0.25, 0.3) is 0 Å². The minimum absolute atomic E-state index is 0.267. The van der Waals surface area contributed by atoms with E-state index in [4.69, 9.17) is 9.47 Å². The van der Waals surface area contributed by atoms with Crippen LogP contribution in [0.5, 0.6) is 5.75 Å². The molecule has 0 bridgehead atoms. The quantitative estimate of drug-likeness (QED) is 0.654. The van der Waals surface area contributed by atoms with Crippen LogP contribution in [0.2, 0.25) is 0 Å². The van der Waals surface area contributed by atoms with E-state index in [0.717, 1.165) is 49.4 Å². The zero-order valence-corrected chi connectivity index (χ0v) is 14.3. The fourth-order valence-electron chi connectivity index (χ4n) is 1.90. The molecule has 0 heterocycles. The highest BCUT2D eigenvalue weighted by molar-refractivity contribution is 9.10. The average Bonchev–Trinajstić information content (AvgIpc) is 2.46. The number of ether oxygens (including phenoxy) is 2. The van der Waals surface area contributed by atoms with E-state index in [0.29, 0.717) is 0 Å². The molecule has 0 aromatic heterocycles. The maximum atomic E-state index is 5.81. The monoisotopic (exact) mass is 343 g/mol. The Labute approximate surface area is 131 Å². The number of nitrogens with one attached hydrogen (secondary N) is 1. The molecule has 1 aromatic carbocycles. The topological polar surface area (TPSA) is 30.5 Å². The first-order valence-electron chi connectivity index (χ1n) is 7.17. The Bertz CT molecular complexity index is 369. The second kappa shape index (κ2) is 9.37. The summed E-state index contributed by atoms with van der Waals surface area (Å²) < 4.78 is 11.9. The van der Waals surface area contributed by atoms with E-state index in [9.17, 15) is 0 Å². The molecule has 20 heavy (non-hydrogen) atoms. The van der Waals surface area contributed by atoms with E-state index < -0.39 is 0 Å². The lowest BCUT2D eigenvalue weighted by Crippen LogP contribution is -2.34. The van der Waals surface area contributed by atoms with E-state index in [-0.39, 0.29) is 5.41 Å². The molecule has 1 aromatic rings. The van der Waals surface area contributed by atoms with Crippen LogP contribution in [0, 0.1) is 5.41 Å². The van der Waals surface area contributed by atoms with Crippen molar-refractivity contribution in [2.45, 2.75) is 26.7 Å². The first-order chi connectivity index (χ1) is 9.59. The largest absolute Gasteiger partial charge is 0.494 e. The third-order valence-corrected chi connectivity index (χ3v) is 4.20. The Morgan fingerprint density at radius 3 is 2.50 bits per heavy atom. The number of rotatable bonds is 10. The van der Waals surface area contributed by atoms with Crippen molar-refractivity contribution in [2.24, 2.45) is 5.41 Å². The summed E-state index contributed by atoms with van der Waals surface area (Å²) in [6.07, 6.45) is 2.18. The summed E-state index contributed by atoms with van der Waals surface area (Å²) in [5.41, 5.74) is 0.267. The van der Waals surface area contributed by atoms with Gasteiger partial charge in [0.2, 0.25) is 0 Å². The van der Waals surface area contributed by atoms with Gasteiger partial charge in [0.05, 0.1) is 13.2 Å². The zero-order valence-electron chi connectivity index (χ0n) is 12.7. The molecule has 4 heteroatoms. The highest BCUT2D eigenvalue weighted by Gasteiger charge is 2.21. The Balaban J connectivity index is 2.30. The van der Waals surface area contributed by atoms with Gasteiger partial charge in [0, 0.05) is 24.7 Å². The van der Waals surface area contributed by atoms with Crippen molar-refractivity contribution in [1.82, 2.24) is 5.32 Å². The van der Waals surface area contributed by atoms with Gasteiger partial charge in [-0.25, -0.2) is 0 Å². The number of methoxy groups -OCH3 is 1. The normalized spacial score (nSPS) is 14.0. The van der Waals surface area contributed by atoms with Gasteiger partial charge in [0.25, 0.3) is 0 Å². The van der Waals surface area contributed by atoms with Crippen LogP contribution in [0.3, 0.4) is 0 Å². The van der Waals surface area contributed by atoms with Gasteiger partial charge < -0.3 is 14.8 Å². The molecule has 1 atom stereocenters. The molecule has 1 N–H and O–H groups in total. The molecule has 0 aliphatic heterocycles. The molecule has 1 unspecified atom stereocenters. The summed E-state index contributed by atoms with van der Waals surface area (Å²) in [4.78, 5) is 0. The molecule has 114 valence electrons. The van der Waals surface area contributed by atoms with Gasteiger partial charge in [0.1, 0.15) is 5.75 Å². The molecule has 0 saturated carbocycles. The summed E-state index contributed by atoms with van der Waals surface area (Å²) in [6, 6.07) is 7.98. The van der Waals surface area contributed by atoms with Gasteiger partial charge in [-0.1, -0.05) is 29.8 Å². The van der Waals surface area contributed by atoms with Gasteiger partial charge in [0.15, 0.2) is 0 Å². The number of benzene rings is 1. The van der Waals surface area contributed by atoms with Crippen molar-refractivity contribution in [3.8, 4) is 5.75 Å². The number of hydrogen-bond acceptors (Lipinski definition) is 3. The maximum Gasteiger partial charge on any atom is 0.119 e. The second-order valence-electron chi connectivity index (χ2n) is 5.39. The zero-order chi connectivity index (χ0) is 14.8. The van der Waals surface area contributed by atoms with Crippen LogP contribution in [0.1, 0.15) is 26.7 Å². The summed E-state index contributed by atoms with van der Waals surface area (Å²) in [5, 5.41) is 3.45. The van der Waals surface area contributed by atoms with Gasteiger partial charge in [-0.2, -0.15) is 0 Å². The van der Waals surface area contributed by atoms with Gasteiger partial charge in [-0.15, -0.1) is 0 Å². The molecule has 3 nitrogen and oxygen atoms in total. The standard InChI is InChI=1S/C16H26BrNO2/c1-4-16(2,13-18-10-12-19-3)9-11-20-15-7-5-14(17)6-8-15/h5-8,18H,4,9-13H2,1-3H3. The Morgan fingerprint density at radius 1 is 1.20 bits per heavy atom. The molecular weight excluding hydrogens is 318 g/mol. The van der Waals surface area contributed by atoms with Crippen molar-refractivity contribution < 1.29 is 9.47 Å². The summed E-state index contributed by atoms with van der Waals surface area (Å²) in [5.74, 6) is 0.930. The van der Waals surface area contributed by atoms with E-state index >= 15 is 0 Å². The highest BCUT2D eigenvalue weighted by atomic mass is 79.9. The van der Waals surface area contributed by atoms with Crippen molar-refractivity contribution in [2.75, 3.05) is 33.4 Å². The minimum Gasteiger partial charge on any atom is -0.494 e. The lowest BCUT2D eigenvalue weighted by atomic mass is 9.84. The van der Waals surface area contributed by atoms with E-state index in [2.05, 4.69) is 35.1 Å². The van der Waals surface area contributed by atoms with E-state index in [1.54, 1.807) is 7.11 Å². The molecule has 1 rings (SSSR count). The Morgan fingerprint density at radius 2 is 1.90 bits per heavy atom. The van der Waals surface area contributed by atoms with Crippen molar-refractivity contribution >= 4 is 15.9 Å². The molecule has 0 aliphatic rings. The lowest BCUT2D eigenvalue weighted by Gasteiger charge is -2.28. The molecule has 0 radical (unpaired) electrons. The first-order valence-corrected chi connectivity index (χ1v) is 7.97. The highest BCUT2D eigenvalue weighted by Crippen LogP contribution is 2.25. The predicted molar refractivity (Wildman–Crippen MR) is 87.4 cm³/mol. The fourth-order valence-corrected chi connectivity index (χ4v) is 2.16. The van der Waals surface area contributed by atoms with Crippen LogP contribution < -0.4 is 10.1 Å². The van der Waals surface area contributed by atoms with E-state index in [1.807, 2.05) is 24.3 Å². The van der Waals surface area contributed by atoms with Crippen LogP contribution in [0.4, 0.5) is 0 Å². The van der Waals surface area contributed by atoms with Gasteiger partial charge in [-0.3, -0.25) is 0 Å². The predicted octanol–water partition coefficient (Wildman–Crippen LogP) is 3.87. The number of halogens is 1. The molecule has 0 aliphatic carbocycles. The van der Waals surface area contributed by atoms with Crippen LogP contribution in [0.15, 0.2) is 28.7 Å². The van der Waals surface area contributed by atoms with Crippen molar-refractivity contribution in [3.63, 3.8) is 0 Å². The summed E-state index contributed by atoms with van der Waals surface area (Å²) in [7, 11) is 1.73. The minimum atomic E-state index is 0.267. The fraction of sp³-hybridized carbons (Fsp3) is 0.625. The van der Waals surface area contributed by atoms with Gasteiger partial charge in [-0.05, 0) is 42.5 Å². The summed E-state index contributed by atoms with van der Waals surface area (Å²) >= 11 is 3.42. The molecular formula is C16H26BrNO2. The Hall–Kier alpha value is -0.580. The third kappa shape index (κ3) is 6.73. The lowest BCUT2D eigenvalue weighted by molar-refractivity contribution is 0.176. The average molecular weight is 344 g/mol. The smallest absolute Gasteiger partial charge is 0.119 e. The molecule has 0 saturated heterocycles. The van der Waals surface area contributed by atoms with Crippen LogP contribution in [-0.4, -0.2) is 33.4 Å². The second-order valence-corrected chi connectivity index (χ2v) is 6.30. The van der Waals surface area contributed by atoms with Crippen molar-refractivity contribution in [1.29, 1.82) is 0 Å². The first kappa shape index (κ1) is 17.5. The third-order valence-electron chi connectivity index (χ3n) is 3.68. The van der Waals surface area contributed by atoms with Crippen LogP contribution >= 0.6 is 15.9 Å². The van der Waals surface area contributed by atoms with Crippen LogP contribution in [-0.2, 0) is 4.74 Å². The van der Waals surface area contributed by atoms with Crippen molar-refractivity contribution in [3.05, 3.63) is 28.7 Å². The molecule has 0 amide bonds. The Kier molecular flexibility index (Phi) is 8.19. The molecule has 0 fully saturated rings. The molecule has 0 spiro atoms.